The molecule has 0 spiro atoms. The van der Waals surface area contributed by atoms with E-state index in [9.17, 15) is 0 Å². The predicted molar refractivity (Wildman–Crippen MR) is 81.4 cm³/mol. The molecule has 1 aliphatic carbocycles. The Morgan fingerprint density at radius 3 is 3.11 bits per heavy atom. The summed E-state index contributed by atoms with van der Waals surface area (Å²) < 4.78 is 0. The van der Waals surface area contributed by atoms with E-state index in [1.165, 1.54) is 42.1 Å². The zero-order chi connectivity index (χ0) is 13.1. The minimum absolute atomic E-state index is 0.834. The lowest BCUT2D eigenvalue weighted by Crippen LogP contribution is -2.21. The maximum absolute atomic E-state index is 4.19. The lowest BCUT2D eigenvalue weighted by Gasteiger charge is -2.27. The quantitative estimate of drug-likeness (QED) is 0.874. The highest BCUT2D eigenvalue weighted by molar-refractivity contribution is 5.93. The molecule has 1 aliphatic rings. The molecule has 1 aromatic heterocycles. The molecule has 2 heteroatoms. The van der Waals surface area contributed by atoms with Crippen LogP contribution in [0.1, 0.15) is 32.6 Å². The SMILES string of the molecule is CC1CCCC(CNc2cccc3cnccc23)C1. The molecule has 0 amide bonds. The van der Waals surface area contributed by atoms with Gasteiger partial charge in [0.1, 0.15) is 0 Å². The van der Waals surface area contributed by atoms with E-state index in [1.54, 1.807) is 0 Å². The highest BCUT2D eigenvalue weighted by Gasteiger charge is 2.18. The second-order valence-electron chi connectivity index (χ2n) is 5.92. The summed E-state index contributed by atoms with van der Waals surface area (Å²) >= 11 is 0. The third-order valence-electron chi connectivity index (χ3n) is 4.31. The number of aromatic nitrogens is 1. The molecule has 3 rings (SSSR count). The van der Waals surface area contributed by atoms with Crippen LogP contribution in [-0.4, -0.2) is 11.5 Å². The van der Waals surface area contributed by atoms with Crippen LogP contribution in [0, 0.1) is 11.8 Å². The molecule has 0 aliphatic heterocycles. The monoisotopic (exact) mass is 254 g/mol. The van der Waals surface area contributed by atoms with Crippen molar-refractivity contribution in [3.63, 3.8) is 0 Å². The van der Waals surface area contributed by atoms with Crippen molar-refractivity contribution in [1.82, 2.24) is 4.98 Å². The zero-order valence-corrected chi connectivity index (χ0v) is 11.6. The molecule has 2 aromatic rings. The lowest BCUT2D eigenvalue weighted by molar-refractivity contribution is 0.293. The van der Waals surface area contributed by atoms with Gasteiger partial charge in [0.15, 0.2) is 0 Å². The Morgan fingerprint density at radius 1 is 1.26 bits per heavy atom. The molecule has 0 radical (unpaired) electrons. The molecule has 19 heavy (non-hydrogen) atoms. The summed E-state index contributed by atoms with van der Waals surface area (Å²) in [5.74, 6) is 1.73. The fourth-order valence-corrected chi connectivity index (χ4v) is 3.28. The largest absolute Gasteiger partial charge is 0.384 e. The average Bonchev–Trinajstić information content (AvgIpc) is 2.45. The first-order valence-electron chi connectivity index (χ1n) is 7.39. The maximum atomic E-state index is 4.19. The summed E-state index contributed by atoms with van der Waals surface area (Å²) in [4.78, 5) is 4.19. The summed E-state index contributed by atoms with van der Waals surface area (Å²) in [5.41, 5.74) is 1.25. The Kier molecular flexibility index (Phi) is 3.67. The van der Waals surface area contributed by atoms with E-state index in [0.29, 0.717) is 0 Å². The smallest absolute Gasteiger partial charge is 0.0421 e. The summed E-state index contributed by atoms with van der Waals surface area (Å²) in [6.45, 7) is 3.49. The number of pyridine rings is 1. The van der Waals surface area contributed by atoms with Gasteiger partial charge >= 0.3 is 0 Å². The van der Waals surface area contributed by atoms with Crippen LogP contribution in [0.5, 0.6) is 0 Å². The first kappa shape index (κ1) is 12.5. The third-order valence-corrected chi connectivity index (χ3v) is 4.31. The molecule has 1 saturated carbocycles. The van der Waals surface area contributed by atoms with Crippen molar-refractivity contribution in [3.05, 3.63) is 36.7 Å². The molecule has 1 fully saturated rings. The molecule has 2 unspecified atom stereocenters. The molecular formula is C17H22N2. The van der Waals surface area contributed by atoms with Crippen LogP contribution in [0.4, 0.5) is 5.69 Å². The van der Waals surface area contributed by atoms with E-state index in [2.05, 4.69) is 41.5 Å². The minimum atomic E-state index is 0.834. The summed E-state index contributed by atoms with van der Waals surface area (Å²) in [6, 6.07) is 8.50. The second-order valence-corrected chi connectivity index (χ2v) is 5.92. The molecule has 2 nitrogen and oxygen atoms in total. The van der Waals surface area contributed by atoms with Gasteiger partial charge in [0.05, 0.1) is 0 Å². The summed E-state index contributed by atoms with van der Waals surface area (Å²) in [7, 11) is 0. The predicted octanol–water partition coefficient (Wildman–Crippen LogP) is 4.47. The Hall–Kier alpha value is -1.57. The Balaban J connectivity index is 1.71. The number of rotatable bonds is 3. The highest BCUT2D eigenvalue weighted by Crippen LogP contribution is 2.29. The van der Waals surface area contributed by atoms with Crippen LogP contribution in [0.15, 0.2) is 36.7 Å². The van der Waals surface area contributed by atoms with Crippen LogP contribution >= 0.6 is 0 Å². The van der Waals surface area contributed by atoms with Gasteiger partial charge in [0.25, 0.3) is 0 Å². The molecular weight excluding hydrogens is 232 g/mol. The molecule has 100 valence electrons. The third kappa shape index (κ3) is 2.89. The van der Waals surface area contributed by atoms with Crippen molar-refractivity contribution in [1.29, 1.82) is 0 Å². The number of benzene rings is 1. The van der Waals surface area contributed by atoms with Gasteiger partial charge in [-0.2, -0.15) is 0 Å². The van der Waals surface area contributed by atoms with Gasteiger partial charge in [0.2, 0.25) is 0 Å². The van der Waals surface area contributed by atoms with E-state index in [0.717, 1.165) is 18.4 Å². The van der Waals surface area contributed by atoms with Crippen molar-refractivity contribution in [2.24, 2.45) is 11.8 Å². The average molecular weight is 254 g/mol. The van der Waals surface area contributed by atoms with E-state index in [1.807, 2.05) is 12.4 Å². The van der Waals surface area contributed by atoms with Crippen molar-refractivity contribution in [2.75, 3.05) is 11.9 Å². The van der Waals surface area contributed by atoms with Crippen LogP contribution < -0.4 is 5.32 Å². The second kappa shape index (κ2) is 5.60. The van der Waals surface area contributed by atoms with Crippen LogP contribution in [0.25, 0.3) is 10.8 Å². The molecule has 1 aromatic carbocycles. The molecule has 2 atom stereocenters. The van der Waals surface area contributed by atoms with Crippen molar-refractivity contribution >= 4 is 16.5 Å². The van der Waals surface area contributed by atoms with Gasteiger partial charge in [-0.25, -0.2) is 0 Å². The number of hydrogen-bond acceptors (Lipinski definition) is 2. The normalized spacial score (nSPS) is 23.4. The zero-order valence-electron chi connectivity index (χ0n) is 11.6. The molecule has 1 heterocycles. The number of nitrogens with zero attached hydrogens (tertiary/aromatic N) is 1. The van der Waals surface area contributed by atoms with Gasteiger partial charge in [0, 0.05) is 35.4 Å². The van der Waals surface area contributed by atoms with Gasteiger partial charge in [-0.15, -0.1) is 0 Å². The van der Waals surface area contributed by atoms with Gasteiger partial charge in [-0.1, -0.05) is 31.9 Å². The maximum Gasteiger partial charge on any atom is 0.0421 e. The fourth-order valence-electron chi connectivity index (χ4n) is 3.28. The summed E-state index contributed by atoms with van der Waals surface area (Å²) in [6.07, 6.45) is 9.37. The van der Waals surface area contributed by atoms with Crippen LogP contribution in [0.2, 0.25) is 0 Å². The summed E-state index contributed by atoms with van der Waals surface area (Å²) in [5, 5.41) is 6.14. The number of hydrogen-bond donors (Lipinski definition) is 1. The first-order chi connectivity index (χ1) is 9.33. The Labute approximate surface area is 115 Å². The fraction of sp³-hybridized carbons (Fsp3) is 0.471. The van der Waals surface area contributed by atoms with E-state index < -0.39 is 0 Å². The van der Waals surface area contributed by atoms with Crippen LogP contribution in [0.3, 0.4) is 0 Å². The Morgan fingerprint density at radius 2 is 2.21 bits per heavy atom. The Bertz CT molecular complexity index is 544. The van der Waals surface area contributed by atoms with E-state index in [4.69, 9.17) is 0 Å². The molecule has 0 bridgehead atoms. The van der Waals surface area contributed by atoms with E-state index >= 15 is 0 Å². The van der Waals surface area contributed by atoms with E-state index in [-0.39, 0.29) is 0 Å². The van der Waals surface area contributed by atoms with Crippen molar-refractivity contribution < 1.29 is 0 Å². The van der Waals surface area contributed by atoms with Crippen molar-refractivity contribution in [3.8, 4) is 0 Å². The molecule has 0 saturated heterocycles. The lowest BCUT2D eigenvalue weighted by atomic mass is 9.82. The molecule has 1 N–H and O–H groups in total. The standard InChI is InChI=1S/C17H22N2/c1-13-4-2-5-14(10-13)11-19-17-7-3-6-15-12-18-9-8-16(15)17/h3,6-9,12-14,19H,2,4-5,10-11H2,1H3. The van der Waals surface area contributed by atoms with Gasteiger partial charge in [-0.05, 0) is 36.8 Å². The van der Waals surface area contributed by atoms with Gasteiger partial charge in [-0.3, -0.25) is 4.98 Å². The topological polar surface area (TPSA) is 24.9 Å². The van der Waals surface area contributed by atoms with Crippen molar-refractivity contribution in [2.45, 2.75) is 32.6 Å². The number of nitrogens with one attached hydrogen (secondary N) is 1. The van der Waals surface area contributed by atoms with Crippen LogP contribution in [-0.2, 0) is 0 Å². The first-order valence-corrected chi connectivity index (χ1v) is 7.39. The van der Waals surface area contributed by atoms with Gasteiger partial charge < -0.3 is 5.32 Å². The minimum Gasteiger partial charge on any atom is -0.384 e. The number of fused-ring (bicyclic) bond motifs is 1. The highest BCUT2D eigenvalue weighted by atomic mass is 14.9. The number of anilines is 1.